The van der Waals surface area contributed by atoms with E-state index in [4.69, 9.17) is 4.74 Å². The lowest BCUT2D eigenvalue weighted by atomic mass is 9.78. The van der Waals surface area contributed by atoms with Crippen molar-refractivity contribution in [3.05, 3.63) is 71.8 Å². The zero-order valence-electron chi connectivity index (χ0n) is 14.2. The number of carbonyl (C=O) groups excluding carboxylic acids is 1. The Morgan fingerprint density at radius 3 is 2.09 bits per heavy atom. The monoisotopic (exact) mass is 311 g/mol. The van der Waals surface area contributed by atoms with E-state index in [-0.39, 0.29) is 11.4 Å². The molecule has 0 amide bonds. The van der Waals surface area contributed by atoms with Crippen molar-refractivity contribution in [1.82, 2.24) is 4.90 Å². The lowest BCUT2D eigenvalue weighted by Gasteiger charge is -2.35. The second-order valence-electron chi connectivity index (χ2n) is 6.18. The molecule has 3 heteroatoms. The summed E-state index contributed by atoms with van der Waals surface area (Å²) in [7, 11) is 4.10. The molecule has 0 aliphatic rings. The number of carbonyl (C=O) groups is 1. The Hall–Kier alpha value is -2.13. The summed E-state index contributed by atoms with van der Waals surface area (Å²) in [5.74, 6) is -0.266. The van der Waals surface area contributed by atoms with Crippen LogP contribution in [0.3, 0.4) is 0 Å². The molecule has 23 heavy (non-hydrogen) atoms. The van der Waals surface area contributed by atoms with Crippen molar-refractivity contribution in [3.63, 3.8) is 0 Å². The predicted octanol–water partition coefficient (Wildman–Crippen LogP) is 3.75. The van der Waals surface area contributed by atoms with Gasteiger partial charge in [-0.25, -0.2) is 4.79 Å². The normalized spacial score (nSPS) is 13.6. The molecule has 1 unspecified atom stereocenters. The van der Waals surface area contributed by atoms with Crippen molar-refractivity contribution in [1.29, 1.82) is 0 Å². The fraction of sp³-hybridized carbons (Fsp3) is 0.350. The second-order valence-corrected chi connectivity index (χ2v) is 6.18. The maximum atomic E-state index is 12.3. The standard InChI is InChI=1S/C20H25NO2/c1-4-20(15-21(2)3,18-13-9-6-10-14-18)16-23-19(22)17-11-7-5-8-12-17/h5-14H,4,15-16H2,1-3H3. The van der Waals surface area contributed by atoms with Crippen LogP contribution in [0.2, 0.25) is 0 Å². The minimum absolute atomic E-state index is 0.199. The Morgan fingerprint density at radius 2 is 1.57 bits per heavy atom. The van der Waals surface area contributed by atoms with Crippen LogP contribution in [0.15, 0.2) is 60.7 Å². The smallest absolute Gasteiger partial charge is 0.338 e. The number of hydrogen-bond acceptors (Lipinski definition) is 3. The maximum Gasteiger partial charge on any atom is 0.338 e. The molecular formula is C20H25NO2. The summed E-state index contributed by atoms with van der Waals surface area (Å²) in [6, 6.07) is 19.5. The molecule has 2 aromatic carbocycles. The van der Waals surface area contributed by atoms with Crippen LogP contribution in [0, 0.1) is 0 Å². The summed E-state index contributed by atoms with van der Waals surface area (Å²) < 4.78 is 5.67. The highest BCUT2D eigenvalue weighted by Crippen LogP contribution is 2.29. The summed E-state index contributed by atoms with van der Waals surface area (Å²) in [6.45, 7) is 3.35. The van der Waals surface area contributed by atoms with Crippen LogP contribution in [-0.4, -0.2) is 38.1 Å². The molecule has 2 aromatic rings. The minimum atomic E-state index is -0.266. The number of hydrogen-bond donors (Lipinski definition) is 0. The number of rotatable bonds is 7. The zero-order chi connectivity index (χ0) is 16.7. The van der Waals surface area contributed by atoms with E-state index in [9.17, 15) is 4.79 Å². The first-order chi connectivity index (χ1) is 11.1. The van der Waals surface area contributed by atoms with Crippen LogP contribution >= 0.6 is 0 Å². The van der Waals surface area contributed by atoms with Crippen molar-refractivity contribution in [3.8, 4) is 0 Å². The molecule has 0 aliphatic heterocycles. The summed E-state index contributed by atoms with van der Waals surface area (Å²) in [5.41, 5.74) is 1.60. The Bertz CT molecular complexity index is 610. The summed E-state index contributed by atoms with van der Waals surface area (Å²) in [4.78, 5) is 14.4. The lowest BCUT2D eigenvalue weighted by Crippen LogP contribution is -2.42. The van der Waals surface area contributed by atoms with Gasteiger partial charge in [0.25, 0.3) is 0 Å². The number of esters is 1. The van der Waals surface area contributed by atoms with Crippen molar-refractivity contribution in [2.75, 3.05) is 27.2 Å². The lowest BCUT2D eigenvalue weighted by molar-refractivity contribution is 0.0362. The van der Waals surface area contributed by atoms with Crippen LogP contribution in [0.4, 0.5) is 0 Å². The molecule has 0 aromatic heterocycles. The zero-order valence-corrected chi connectivity index (χ0v) is 14.2. The van der Waals surface area contributed by atoms with Crippen LogP contribution in [0.5, 0.6) is 0 Å². The largest absolute Gasteiger partial charge is 0.461 e. The minimum Gasteiger partial charge on any atom is -0.461 e. The van der Waals surface area contributed by atoms with Crippen LogP contribution in [0.1, 0.15) is 29.3 Å². The molecule has 0 fully saturated rings. The SMILES string of the molecule is CCC(COC(=O)c1ccccc1)(CN(C)C)c1ccccc1. The Morgan fingerprint density at radius 1 is 1.00 bits per heavy atom. The molecule has 0 saturated heterocycles. The molecule has 0 saturated carbocycles. The van der Waals surface area contributed by atoms with E-state index >= 15 is 0 Å². The van der Waals surface area contributed by atoms with E-state index in [0.717, 1.165) is 13.0 Å². The van der Waals surface area contributed by atoms with Gasteiger partial charge in [-0.3, -0.25) is 0 Å². The molecule has 0 N–H and O–H groups in total. The predicted molar refractivity (Wildman–Crippen MR) is 93.7 cm³/mol. The fourth-order valence-electron chi connectivity index (χ4n) is 2.90. The van der Waals surface area contributed by atoms with Crippen LogP contribution < -0.4 is 0 Å². The van der Waals surface area contributed by atoms with Crippen molar-refractivity contribution in [2.45, 2.75) is 18.8 Å². The third-order valence-electron chi connectivity index (χ3n) is 4.17. The van der Waals surface area contributed by atoms with Crippen LogP contribution in [0.25, 0.3) is 0 Å². The Balaban J connectivity index is 2.19. The van der Waals surface area contributed by atoms with E-state index in [0.29, 0.717) is 12.2 Å². The molecule has 3 nitrogen and oxygen atoms in total. The van der Waals surface area contributed by atoms with Crippen molar-refractivity contribution >= 4 is 5.97 Å². The van der Waals surface area contributed by atoms with E-state index < -0.39 is 0 Å². The third-order valence-corrected chi connectivity index (χ3v) is 4.17. The van der Waals surface area contributed by atoms with Gasteiger partial charge in [0.2, 0.25) is 0 Å². The summed E-state index contributed by atoms with van der Waals surface area (Å²) in [5, 5.41) is 0. The molecule has 0 heterocycles. The van der Waals surface area contributed by atoms with E-state index in [1.807, 2.05) is 50.5 Å². The van der Waals surface area contributed by atoms with E-state index in [1.165, 1.54) is 5.56 Å². The first-order valence-corrected chi connectivity index (χ1v) is 8.00. The number of nitrogens with zero attached hydrogens (tertiary/aromatic N) is 1. The highest BCUT2D eigenvalue weighted by atomic mass is 16.5. The Kier molecular flexibility index (Phi) is 5.94. The van der Waals surface area contributed by atoms with Gasteiger partial charge in [0, 0.05) is 12.0 Å². The van der Waals surface area contributed by atoms with Crippen molar-refractivity contribution < 1.29 is 9.53 Å². The molecule has 0 radical (unpaired) electrons. The quantitative estimate of drug-likeness (QED) is 0.729. The van der Waals surface area contributed by atoms with Crippen LogP contribution in [-0.2, 0) is 10.2 Å². The molecule has 1 atom stereocenters. The van der Waals surface area contributed by atoms with Gasteiger partial charge in [-0.05, 0) is 38.2 Å². The highest BCUT2D eigenvalue weighted by molar-refractivity contribution is 5.89. The Labute approximate surface area is 138 Å². The summed E-state index contributed by atoms with van der Waals surface area (Å²) >= 11 is 0. The van der Waals surface area contributed by atoms with E-state index in [1.54, 1.807) is 12.1 Å². The molecule has 0 bridgehead atoms. The molecule has 0 spiro atoms. The van der Waals surface area contributed by atoms with Gasteiger partial charge in [0.15, 0.2) is 0 Å². The topological polar surface area (TPSA) is 29.5 Å². The van der Waals surface area contributed by atoms with Gasteiger partial charge < -0.3 is 9.64 Å². The molecular weight excluding hydrogens is 286 g/mol. The fourth-order valence-corrected chi connectivity index (χ4v) is 2.90. The second kappa shape index (κ2) is 7.93. The van der Waals surface area contributed by atoms with Crippen molar-refractivity contribution in [2.24, 2.45) is 0 Å². The first-order valence-electron chi connectivity index (χ1n) is 8.00. The van der Waals surface area contributed by atoms with E-state index in [2.05, 4.69) is 24.0 Å². The average molecular weight is 311 g/mol. The van der Waals surface area contributed by atoms with Gasteiger partial charge in [0.1, 0.15) is 6.61 Å². The first kappa shape index (κ1) is 17.2. The van der Waals surface area contributed by atoms with Gasteiger partial charge >= 0.3 is 5.97 Å². The van der Waals surface area contributed by atoms with Gasteiger partial charge in [0.05, 0.1) is 5.56 Å². The molecule has 122 valence electrons. The third kappa shape index (κ3) is 4.42. The summed E-state index contributed by atoms with van der Waals surface area (Å²) in [6.07, 6.45) is 0.900. The van der Waals surface area contributed by atoms with Gasteiger partial charge in [-0.15, -0.1) is 0 Å². The maximum absolute atomic E-state index is 12.3. The number of ether oxygens (including phenoxy) is 1. The van der Waals surface area contributed by atoms with Gasteiger partial charge in [-0.1, -0.05) is 55.5 Å². The average Bonchev–Trinajstić information content (AvgIpc) is 2.59. The molecule has 2 rings (SSSR count). The number of likely N-dealkylation sites (N-methyl/N-ethyl adjacent to an activating group) is 1. The van der Waals surface area contributed by atoms with Gasteiger partial charge in [-0.2, -0.15) is 0 Å². The highest BCUT2D eigenvalue weighted by Gasteiger charge is 2.33. The number of benzene rings is 2. The molecule has 0 aliphatic carbocycles.